The molecule has 0 radical (unpaired) electrons. The fraction of sp³-hybridized carbons (Fsp3) is 0.714. The van der Waals surface area contributed by atoms with Crippen molar-refractivity contribution in [3.8, 4) is 0 Å². The van der Waals surface area contributed by atoms with Crippen LogP contribution < -0.4 is 10.6 Å². The molecule has 6 heteroatoms. The van der Waals surface area contributed by atoms with Crippen LogP contribution in [0.25, 0.3) is 0 Å². The number of aliphatic hydroxyl groups is 1. The van der Waals surface area contributed by atoms with Gasteiger partial charge < -0.3 is 20.6 Å². The number of nitrogens with one attached hydrogen (secondary N) is 2. The summed E-state index contributed by atoms with van der Waals surface area (Å²) in [6.45, 7) is 0.757. The average molecular weight is 203 g/mol. The number of nitrogens with zero attached hydrogens (tertiary/aromatic N) is 1. The first-order valence-electron chi connectivity index (χ1n) is 4.04. The Morgan fingerprint density at radius 1 is 1.92 bits per heavy atom. The Morgan fingerprint density at radius 3 is 3.15 bits per heavy atom. The third-order valence-corrected chi connectivity index (χ3v) is 2.32. The van der Waals surface area contributed by atoms with Crippen molar-refractivity contribution in [1.82, 2.24) is 15.5 Å². The molecule has 0 saturated carbocycles. The number of aliphatic hydroxyl groups excluding tert-OH is 1. The highest BCUT2D eigenvalue weighted by molar-refractivity contribution is 7.80. The van der Waals surface area contributed by atoms with E-state index >= 15 is 0 Å². The van der Waals surface area contributed by atoms with Crippen LogP contribution in [0.3, 0.4) is 0 Å². The van der Waals surface area contributed by atoms with Crippen LogP contribution in [0.4, 0.5) is 0 Å². The first-order chi connectivity index (χ1) is 6.17. The van der Waals surface area contributed by atoms with E-state index in [1.807, 2.05) is 0 Å². The third kappa shape index (κ3) is 2.53. The second-order valence-corrected chi connectivity index (χ2v) is 3.27. The van der Waals surface area contributed by atoms with E-state index in [9.17, 15) is 4.79 Å². The van der Waals surface area contributed by atoms with E-state index in [-0.39, 0.29) is 25.1 Å². The quantitative estimate of drug-likeness (QED) is 0.443. The number of rotatable bonds is 1. The molecular weight excluding hydrogens is 190 g/mol. The predicted molar refractivity (Wildman–Crippen MR) is 52.2 cm³/mol. The topological polar surface area (TPSA) is 64.6 Å². The number of thiocarbonyl (C=S) groups is 1. The first kappa shape index (κ1) is 10.2. The first-order valence-corrected chi connectivity index (χ1v) is 4.45. The van der Waals surface area contributed by atoms with Crippen LogP contribution in [-0.2, 0) is 4.79 Å². The Hall–Kier alpha value is -0.880. The molecule has 1 heterocycles. The molecule has 0 aliphatic carbocycles. The number of hydrogen-bond donors (Lipinski definition) is 3. The normalized spacial score (nSPS) is 22.5. The van der Waals surface area contributed by atoms with Crippen LogP contribution in [0.2, 0.25) is 0 Å². The summed E-state index contributed by atoms with van der Waals surface area (Å²) in [5, 5.41) is 14.9. The molecular formula is C7H13N3O2S. The van der Waals surface area contributed by atoms with Crippen LogP contribution in [0.5, 0.6) is 0 Å². The van der Waals surface area contributed by atoms with E-state index in [2.05, 4.69) is 10.6 Å². The van der Waals surface area contributed by atoms with Crippen molar-refractivity contribution < 1.29 is 9.90 Å². The molecule has 1 fully saturated rings. The summed E-state index contributed by atoms with van der Waals surface area (Å²) in [4.78, 5) is 12.8. The predicted octanol–water partition coefficient (Wildman–Crippen LogP) is -1.72. The van der Waals surface area contributed by atoms with Gasteiger partial charge >= 0.3 is 0 Å². The van der Waals surface area contributed by atoms with Gasteiger partial charge in [-0.15, -0.1) is 0 Å². The molecule has 0 aromatic heterocycles. The minimum atomic E-state index is -0.215. The molecule has 1 rings (SSSR count). The highest BCUT2D eigenvalue weighted by Crippen LogP contribution is 1.99. The zero-order valence-corrected chi connectivity index (χ0v) is 8.23. The lowest BCUT2D eigenvalue weighted by atomic mass is 10.2. The van der Waals surface area contributed by atoms with Gasteiger partial charge in [-0.1, -0.05) is 0 Å². The number of piperazine rings is 1. The van der Waals surface area contributed by atoms with E-state index in [1.54, 1.807) is 11.9 Å². The molecule has 1 aliphatic heterocycles. The van der Waals surface area contributed by atoms with E-state index in [4.69, 9.17) is 17.3 Å². The van der Waals surface area contributed by atoms with E-state index < -0.39 is 0 Å². The minimum absolute atomic E-state index is 0.0609. The molecule has 0 bridgehead atoms. The van der Waals surface area contributed by atoms with Gasteiger partial charge in [-0.25, -0.2) is 0 Å². The largest absolute Gasteiger partial charge is 0.394 e. The number of carbonyl (C=O) groups is 1. The van der Waals surface area contributed by atoms with Crippen molar-refractivity contribution in [2.75, 3.05) is 26.7 Å². The van der Waals surface area contributed by atoms with Crippen molar-refractivity contribution >= 4 is 23.2 Å². The average Bonchev–Trinajstić information content (AvgIpc) is 2.15. The zero-order valence-electron chi connectivity index (χ0n) is 7.41. The van der Waals surface area contributed by atoms with Gasteiger partial charge in [0.1, 0.15) is 0 Å². The molecule has 1 aliphatic rings. The summed E-state index contributed by atoms with van der Waals surface area (Å²) in [6, 6.07) is -0.215. The maximum atomic E-state index is 11.1. The van der Waals surface area contributed by atoms with Crippen molar-refractivity contribution in [3.05, 3.63) is 0 Å². The lowest BCUT2D eigenvalue weighted by Gasteiger charge is -2.33. The van der Waals surface area contributed by atoms with Crippen LogP contribution in [0.15, 0.2) is 0 Å². The van der Waals surface area contributed by atoms with Gasteiger partial charge in [0, 0.05) is 13.6 Å². The number of carbonyl (C=O) groups excluding carboxylic acids is 1. The van der Waals surface area contributed by atoms with E-state index in [0.29, 0.717) is 11.7 Å². The molecule has 5 nitrogen and oxygen atoms in total. The summed E-state index contributed by atoms with van der Waals surface area (Å²) in [7, 11) is 1.71. The fourth-order valence-corrected chi connectivity index (χ4v) is 1.38. The molecule has 0 unspecified atom stereocenters. The van der Waals surface area contributed by atoms with Gasteiger partial charge in [-0.2, -0.15) is 0 Å². The fourth-order valence-electron chi connectivity index (χ4n) is 1.24. The number of amides is 1. The number of hydrogen-bond acceptors (Lipinski definition) is 3. The lowest BCUT2D eigenvalue weighted by molar-refractivity contribution is -0.124. The smallest absolute Gasteiger partial charge is 0.239 e. The van der Waals surface area contributed by atoms with Gasteiger partial charge in [-0.3, -0.25) is 4.79 Å². The molecule has 0 aromatic carbocycles. The van der Waals surface area contributed by atoms with Gasteiger partial charge in [0.05, 0.1) is 19.2 Å². The highest BCUT2D eigenvalue weighted by Gasteiger charge is 2.24. The summed E-state index contributed by atoms with van der Waals surface area (Å²) in [6.07, 6.45) is 0. The molecule has 1 atom stereocenters. The third-order valence-electron chi connectivity index (χ3n) is 1.86. The standard InChI is InChI=1S/C7H13N3O2S/c1-8-7(13)10-2-5(4-11)9-6(12)3-10/h5,11H,2-4H2,1H3,(H,8,13)(H,9,12)/t5-/m0/s1. The minimum Gasteiger partial charge on any atom is -0.394 e. The lowest BCUT2D eigenvalue weighted by Crippen LogP contribution is -2.58. The van der Waals surface area contributed by atoms with Crippen LogP contribution in [0, 0.1) is 0 Å². The van der Waals surface area contributed by atoms with Gasteiger partial charge in [0.2, 0.25) is 5.91 Å². The molecule has 13 heavy (non-hydrogen) atoms. The van der Waals surface area contributed by atoms with Gasteiger partial charge in [0.25, 0.3) is 0 Å². The SMILES string of the molecule is CNC(=S)N1CC(=O)N[C@H](CO)C1. The van der Waals surface area contributed by atoms with Crippen LogP contribution in [0.1, 0.15) is 0 Å². The molecule has 0 aromatic rings. The van der Waals surface area contributed by atoms with Gasteiger partial charge in [0.15, 0.2) is 5.11 Å². The Bertz CT molecular complexity index is 222. The molecule has 3 N–H and O–H groups in total. The molecule has 1 amide bonds. The van der Waals surface area contributed by atoms with Crippen molar-refractivity contribution in [1.29, 1.82) is 0 Å². The molecule has 74 valence electrons. The summed E-state index contributed by atoms with van der Waals surface area (Å²) in [5.41, 5.74) is 0. The Kier molecular flexibility index (Phi) is 3.44. The zero-order chi connectivity index (χ0) is 9.84. The maximum absolute atomic E-state index is 11.1. The summed E-state index contributed by atoms with van der Waals surface area (Å²) in [5.74, 6) is -0.108. The Balaban J connectivity index is 2.56. The Morgan fingerprint density at radius 2 is 2.62 bits per heavy atom. The second kappa shape index (κ2) is 4.38. The monoisotopic (exact) mass is 203 g/mol. The summed E-state index contributed by atoms with van der Waals surface area (Å²) < 4.78 is 0. The molecule has 1 saturated heterocycles. The van der Waals surface area contributed by atoms with Crippen molar-refractivity contribution in [3.63, 3.8) is 0 Å². The van der Waals surface area contributed by atoms with Crippen LogP contribution >= 0.6 is 12.2 Å². The highest BCUT2D eigenvalue weighted by atomic mass is 32.1. The van der Waals surface area contributed by atoms with E-state index in [1.165, 1.54) is 0 Å². The van der Waals surface area contributed by atoms with Crippen LogP contribution in [-0.4, -0.2) is 53.8 Å². The van der Waals surface area contributed by atoms with Crippen molar-refractivity contribution in [2.24, 2.45) is 0 Å². The second-order valence-electron chi connectivity index (χ2n) is 2.88. The summed E-state index contributed by atoms with van der Waals surface area (Å²) >= 11 is 4.98. The Labute approximate surface area is 82.1 Å². The maximum Gasteiger partial charge on any atom is 0.239 e. The molecule has 0 spiro atoms. The van der Waals surface area contributed by atoms with Gasteiger partial charge in [-0.05, 0) is 12.2 Å². The van der Waals surface area contributed by atoms with E-state index in [0.717, 1.165) is 0 Å². The van der Waals surface area contributed by atoms with Crippen molar-refractivity contribution in [2.45, 2.75) is 6.04 Å².